The van der Waals surface area contributed by atoms with E-state index in [-0.39, 0.29) is 22.8 Å². The number of carbonyl (C=O) groups excluding carboxylic acids is 2. The number of benzene rings is 2. The molecule has 0 saturated carbocycles. The highest BCUT2D eigenvalue weighted by Crippen LogP contribution is 2.43. The van der Waals surface area contributed by atoms with Crippen LogP contribution in [-0.4, -0.2) is 16.8 Å². The molecule has 2 aromatic carbocycles. The first-order valence-corrected chi connectivity index (χ1v) is 9.69. The minimum Gasteiger partial charge on any atom is -0.507 e. The molecule has 32 heavy (non-hydrogen) atoms. The number of aryl methyl sites for hydroxylation is 2. The lowest BCUT2D eigenvalue weighted by Crippen LogP contribution is -2.29. The number of furan rings is 1. The van der Waals surface area contributed by atoms with E-state index in [9.17, 15) is 27.9 Å². The normalized spacial score (nSPS) is 18.4. The van der Waals surface area contributed by atoms with Gasteiger partial charge in [0.1, 0.15) is 17.6 Å². The molecule has 1 saturated heterocycles. The number of Topliss-reactive ketones (excluding diaryl/α,β-unsaturated/α-hetero) is 1. The molecule has 0 radical (unpaired) electrons. The molecule has 164 valence electrons. The first-order chi connectivity index (χ1) is 15.1. The van der Waals surface area contributed by atoms with Crippen molar-refractivity contribution >= 4 is 23.1 Å². The van der Waals surface area contributed by atoms with Gasteiger partial charge in [0, 0.05) is 11.3 Å². The molecule has 1 unspecified atom stereocenters. The summed E-state index contributed by atoms with van der Waals surface area (Å²) < 4.78 is 44.3. The molecular formula is C24H18F3NO4. The molecule has 0 aliphatic carbocycles. The molecule has 3 aromatic rings. The fraction of sp³-hybridized carbons (Fsp3) is 0.167. The molecule has 4 rings (SSSR count). The van der Waals surface area contributed by atoms with Gasteiger partial charge in [-0.3, -0.25) is 14.5 Å². The van der Waals surface area contributed by atoms with Crippen LogP contribution in [0.2, 0.25) is 0 Å². The number of aliphatic hydroxyl groups is 1. The summed E-state index contributed by atoms with van der Waals surface area (Å²) in [6.07, 6.45) is -3.20. The third kappa shape index (κ3) is 3.57. The smallest absolute Gasteiger partial charge is 0.416 e. The van der Waals surface area contributed by atoms with E-state index in [1.165, 1.54) is 12.3 Å². The maximum absolute atomic E-state index is 13.0. The largest absolute Gasteiger partial charge is 0.507 e. The minimum atomic E-state index is -4.55. The SMILES string of the molecule is Cc1ccc(/C(O)=C2/C(=O)C(=O)N(c3ccc(C(F)(F)F)cc3)C2c2ccco2)cc1C. The van der Waals surface area contributed by atoms with Gasteiger partial charge in [-0.2, -0.15) is 13.2 Å². The molecule has 1 fully saturated rings. The monoisotopic (exact) mass is 441 g/mol. The second-order valence-electron chi connectivity index (χ2n) is 7.53. The molecule has 8 heteroatoms. The highest BCUT2D eigenvalue weighted by atomic mass is 19.4. The summed E-state index contributed by atoms with van der Waals surface area (Å²) in [6.45, 7) is 3.74. The van der Waals surface area contributed by atoms with Gasteiger partial charge in [-0.05, 0) is 67.4 Å². The summed E-state index contributed by atoms with van der Waals surface area (Å²) in [5, 5.41) is 11.0. The van der Waals surface area contributed by atoms with E-state index in [2.05, 4.69) is 0 Å². The van der Waals surface area contributed by atoms with Crippen LogP contribution >= 0.6 is 0 Å². The van der Waals surface area contributed by atoms with Crippen LogP contribution in [0.5, 0.6) is 0 Å². The number of amides is 1. The van der Waals surface area contributed by atoms with Gasteiger partial charge in [0.2, 0.25) is 0 Å². The second kappa shape index (κ2) is 7.71. The van der Waals surface area contributed by atoms with E-state index in [1.54, 1.807) is 24.3 Å². The van der Waals surface area contributed by atoms with Crippen LogP contribution in [0.1, 0.15) is 34.1 Å². The zero-order valence-corrected chi connectivity index (χ0v) is 17.1. The maximum Gasteiger partial charge on any atom is 0.416 e. The van der Waals surface area contributed by atoms with Crippen LogP contribution in [0.3, 0.4) is 0 Å². The fourth-order valence-corrected chi connectivity index (χ4v) is 3.67. The van der Waals surface area contributed by atoms with Gasteiger partial charge in [-0.25, -0.2) is 0 Å². The number of halogens is 3. The van der Waals surface area contributed by atoms with Gasteiger partial charge in [0.05, 0.1) is 17.4 Å². The van der Waals surface area contributed by atoms with E-state index in [0.717, 1.165) is 40.3 Å². The molecule has 1 aliphatic rings. The Hall–Kier alpha value is -3.81. The topological polar surface area (TPSA) is 70.8 Å². The Morgan fingerprint density at radius 1 is 1.00 bits per heavy atom. The van der Waals surface area contributed by atoms with Gasteiger partial charge >= 0.3 is 6.18 Å². The summed E-state index contributed by atoms with van der Waals surface area (Å²) in [5.41, 5.74) is 1.18. The zero-order valence-electron chi connectivity index (χ0n) is 17.1. The number of hydrogen-bond acceptors (Lipinski definition) is 4. The summed E-state index contributed by atoms with van der Waals surface area (Å²) in [5.74, 6) is -2.13. The molecule has 5 nitrogen and oxygen atoms in total. The Bertz CT molecular complexity index is 1230. The van der Waals surface area contributed by atoms with Crippen molar-refractivity contribution in [1.29, 1.82) is 0 Å². The van der Waals surface area contributed by atoms with Crippen molar-refractivity contribution in [3.63, 3.8) is 0 Å². The van der Waals surface area contributed by atoms with Gasteiger partial charge < -0.3 is 9.52 Å². The number of ketones is 1. The molecule has 1 aromatic heterocycles. The van der Waals surface area contributed by atoms with Crippen molar-refractivity contribution in [2.75, 3.05) is 4.90 Å². The van der Waals surface area contributed by atoms with Crippen LogP contribution in [0.15, 0.2) is 70.9 Å². The average molecular weight is 441 g/mol. The lowest BCUT2D eigenvalue weighted by molar-refractivity contribution is -0.137. The van der Waals surface area contributed by atoms with Crippen molar-refractivity contribution in [2.45, 2.75) is 26.1 Å². The van der Waals surface area contributed by atoms with Crippen molar-refractivity contribution in [3.8, 4) is 0 Å². The van der Waals surface area contributed by atoms with Crippen LogP contribution < -0.4 is 4.90 Å². The quantitative estimate of drug-likeness (QED) is 0.329. The molecule has 1 amide bonds. The Morgan fingerprint density at radius 2 is 1.69 bits per heavy atom. The first kappa shape index (κ1) is 21.4. The van der Waals surface area contributed by atoms with Gasteiger partial charge in [0.25, 0.3) is 11.7 Å². The van der Waals surface area contributed by atoms with Crippen LogP contribution in [0.4, 0.5) is 18.9 Å². The predicted molar refractivity (Wildman–Crippen MR) is 111 cm³/mol. The number of anilines is 1. The third-order valence-electron chi connectivity index (χ3n) is 5.51. The van der Waals surface area contributed by atoms with Gasteiger partial charge in [-0.15, -0.1) is 0 Å². The number of rotatable bonds is 3. The van der Waals surface area contributed by atoms with Crippen molar-refractivity contribution in [2.24, 2.45) is 0 Å². The predicted octanol–water partition coefficient (Wildman–Crippen LogP) is 5.54. The molecule has 0 spiro atoms. The fourth-order valence-electron chi connectivity index (χ4n) is 3.67. The number of alkyl halides is 3. The summed E-state index contributed by atoms with van der Waals surface area (Å²) in [7, 11) is 0. The zero-order chi connectivity index (χ0) is 23.2. The lowest BCUT2D eigenvalue weighted by atomic mass is 9.97. The Balaban J connectivity index is 1.88. The Kier molecular flexibility index (Phi) is 5.16. The van der Waals surface area contributed by atoms with Gasteiger partial charge in [0.15, 0.2) is 0 Å². The van der Waals surface area contributed by atoms with E-state index in [4.69, 9.17) is 4.42 Å². The summed E-state index contributed by atoms with van der Waals surface area (Å²) >= 11 is 0. The van der Waals surface area contributed by atoms with E-state index >= 15 is 0 Å². The van der Waals surface area contributed by atoms with E-state index < -0.39 is 29.5 Å². The van der Waals surface area contributed by atoms with Crippen LogP contribution in [0, 0.1) is 13.8 Å². The van der Waals surface area contributed by atoms with E-state index in [1.807, 2.05) is 13.8 Å². The number of aliphatic hydroxyl groups excluding tert-OH is 1. The van der Waals surface area contributed by atoms with E-state index in [0.29, 0.717) is 5.56 Å². The highest BCUT2D eigenvalue weighted by Gasteiger charge is 2.48. The highest BCUT2D eigenvalue weighted by molar-refractivity contribution is 6.51. The molecule has 1 N–H and O–H groups in total. The van der Waals surface area contributed by atoms with Crippen molar-refractivity contribution < 1.29 is 32.3 Å². The minimum absolute atomic E-state index is 0.0700. The van der Waals surface area contributed by atoms with Crippen molar-refractivity contribution in [1.82, 2.24) is 0 Å². The standard InChI is InChI=1S/C24H18F3NO4/c1-13-5-6-15(12-14(13)2)21(29)19-20(18-4-3-11-32-18)28(23(31)22(19)30)17-9-7-16(8-10-17)24(25,26)27/h3-12,20,29H,1-2H3/b21-19-. The second-order valence-corrected chi connectivity index (χ2v) is 7.53. The molecular weight excluding hydrogens is 423 g/mol. The first-order valence-electron chi connectivity index (χ1n) is 9.69. The van der Waals surface area contributed by atoms with Crippen LogP contribution in [-0.2, 0) is 15.8 Å². The van der Waals surface area contributed by atoms with Gasteiger partial charge in [-0.1, -0.05) is 12.1 Å². The number of hydrogen-bond donors (Lipinski definition) is 1. The summed E-state index contributed by atoms with van der Waals surface area (Å²) in [6, 6.07) is 10.9. The third-order valence-corrected chi connectivity index (χ3v) is 5.51. The number of carbonyl (C=O) groups is 2. The molecule has 2 heterocycles. The molecule has 1 atom stereocenters. The Labute approximate surface area is 181 Å². The van der Waals surface area contributed by atoms with Crippen molar-refractivity contribution in [3.05, 3.63) is 94.4 Å². The van der Waals surface area contributed by atoms with Crippen LogP contribution in [0.25, 0.3) is 5.76 Å². The maximum atomic E-state index is 13.0. The average Bonchev–Trinajstić information content (AvgIpc) is 3.36. The molecule has 1 aliphatic heterocycles. The molecule has 0 bridgehead atoms. The Morgan fingerprint density at radius 3 is 2.25 bits per heavy atom. The summed E-state index contributed by atoms with van der Waals surface area (Å²) in [4.78, 5) is 26.9. The lowest BCUT2D eigenvalue weighted by Gasteiger charge is -2.23. The number of nitrogens with zero attached hydrogens (tertiary/aromatic N) is 1.